The maximum absolute atomic E-state index is 9.55. The van der Waals surface area contributed by atoms with E-state index in [-0.39, 0.29) is 0 Å². The number of pyridine rings is 1. The van der Waals surface area contributed by atoms with Crippen molar-refractivity contribution in [2.45, 2.75) is 39.0 Å². The van der Waals surface area contributed by atoms with Gasteiger partial charge in [0.05, 0.1) is 5.52 Å². The smallest absolute Gasteiger partial charge is 0.328 e. The lowest BCUT2D eigenvalue weighted by Gasteiger charge is -2.31. The number of nitrogens with one attached hydrogen (secondary N) is 1. The summed E-state index contributed by atoms with van der Waals surface area (Å²) >= 11 is 0. The molecule has 2 heterocycles. The second-order valence-corrected chi connectivity index (χ2v) is 7.31. The van der Waals surface area contributed by atoms with E-state index in [9.17, 15) is 9.59 Å². The molecule has 2 atom stereocenters. The predicted molar refractivity (Wildman–Crippen MR) is 114 cm³/mol. The highest BCUT2D eigenvalue weighted by atomic mass is 16.4. The highest BCUT2D eigenvalue weighted by molar-refractivity contribution is 5.89. The third-order valence-corrected chi connectivity index (χ3v) is 5.42. The molecule has 1 fully saturated rings. The van der Waals surface area contributed by atoms with Crippen molar-refractivity contribution >= 4 is 22.8 Å². The Bertz CT molecular complexity index is 813. The third-order valence-electron chi connectivity index (χ3n) is 5.42. The minimum absolute atomic E-state index is 0.558. The first kappa shape index (κ1) is 22.6. The molecule has 29 heavy (non-hydrogen) atoms. The number of carboxylic acids is 2. The number of piperidine rings is 1. The van der Waals surface area contributed by atoms with E-state index < -0.39 is 11.9 Å². The summed E-state index contributed by atoms with van der Waals surface area (Å²) in [7, 11) is 0. The Balaban J connectivity index is 0.000000321. The van der Waals surface area contributed by atoms with E-state index in [0.29, 0.717) is 12.2 Å². The van der Waals surface area contributed by atoms with E-state index >= 15 is 0 Å². The molecule has 3 rings (SSSR count). The first-order chi connectivity index (χ1) is 14.0. The van der Waals surface area contributed by atoms with E-state index in [1.54, 1.807) is 0 Å². The van der Waals surface area contributed by atoms with Crippen molar-refractivity contribution < 1.29 is 19.8 Å². The molecule has 1 aliphatic rings. The fraction of sp³-hybridized carbons (Fsp3) is 0.435. The number of carboxylic acid groups (broad SMARTS) is 2. The molecule has 3 N–H and O–H groups in total. The summed E-state index contributed by atoms with van der Waals surface area (Å²) < 4.78 is 0. The van der Waals surface area contributed by atoms with Gasteiger partial charge in [-0.15, -0.1) is 0 Å². The van der Waals surface area contributed by atoms with Crippen molar-refractivity contribution in [3.05, 3.63) is 54.2 Å². The predicted octanol–water partition coefficient (Wildman–Crippen LogP) is 3.91. The zero-order valence-corrected chi connectivity index (χ0v) is 16.9. The van der Waals surface area contributed by atoms with Crippen LogP contribution in [0.15, 0.2) is 48.7 Å². The average molecular weight is 399 g/mol. The van der Waals surface area contributed by atoms with Crippen molar-refractivity contribution in [1.29, 1.82) is 0 Å². The van der Waals surface area contributed by atoms with E-state index in [1.165, 1.54) is 56.1 Å². The Morgan fingerprint density at radius 3 is 2.55 bits per heavy atom. The van der Waals surface area contributed by atoms with Crippen LogP contribution in [-0.4, -0.2) is 40.2 Å². The van der Waals surface area contributed by atoms with E-state index in [2.05, 4.69) is 47.6 Å². The summed E-state index contributed by atoms with van der Waals surface area (Å²) in [6.45, 7) is 4.76. The molecule has 2 unspecified atom stereocenters. The topological polar surface area (TPSA) is 99.5 Å². The Hall–Kier alpha value is -2.73. The monoisotopic (exact) mass is 398 g/mol. The van der Waals surface area contributed by atoms with Crippen LogP contribution in [0.5, 0.6) is 0 Å². The quantitative estimate of drug-likeness (QED) is 0.612. The number of aliphatic carboxylic acids is 2. The highest BCUT2D eigenvalue weighted by Crippen LogP contribution is 2.28. The lowest BCUT2D eigenvalue weighted by molar-refractivity contribution is -0.134. The number of aromatic nitrogens is 1. The molecule has 2 aromatic rings. The molecule has 0 radical (unpaired) electrons. The largest absolute Gasteiger partial charge is 0.478 e. The van der Waals surface area contributed by atoms with Gasteiger partial charge in [0, 0.05) is 23.7 Å². The van der Waals surface area contributed by atoms with Crippen LogP contribution >= 0.6 is 0 Å². The molecular weight excluding hydrogens is 368 g/mol. The fourth-order valence-corrected chi connectivity index (χ4v) is 3.91. The molecule has 0 saturated carbocycles. The molecule has 0 amide bonds. The van der Waals surface area contributed by atoms with Gasteiger partial charge >= 0.3 is 11.9 Å². The second kappa shape index (κ2) is 12.0. The summed E-state index contributed by atoms with van der Waals surface area (Å²) in [5, 5.41) is 20.5. The summed E-state index contributed by atoms with van der Waals surface area (Å²) in [6.07, 6.45) is 9.60. The molecule has 1 aromatic heterocycles. The minimum Gasteiger partial charge on any atom is -0.478 e. The number of hydrogen-bond donors (Lipinski definition) is 3. The molecular formula is C23H30N2O4. The molecule has 0 spiro atoms. The Morgan fingerprint density at radius 1 is 1.14 bits per heavy atom. The lowest BCUT2D eigenvalue weighted by Crippen LogP contribution is -2.36. The van der Waals surface area contributed by atoms with Crippen LogP contribution in [0.1, 0.15) is 38.2 Å². The minimum atomic E-state index is -1.26. The molecule has 0 aliphatic carbocycles. The fourth-order valence-electron chi connectivity index (χ4n) is 3.91. The maximum Gasteiger partial charge on any atom is 0.328 e. The van der Waals surface area contributed by atoms with Crippen LogP contribution in [0.4, 0.5) is 0 Å². The summed E-state index contributed by atoms with van der Waals surface area (Å²) in [5.74, 6) is -0.711. The molecule has 1 aromatic carbocycles. The Kier molecular flexibility index (Phi) is 9.31. The molecule has 1 aliphatic heterocycles. The molecule has 1 saturated heterocycles. The van der Waals surface area contributed by atoms with Crippen molar-refractivity contribution in [3.8, 4) is 0 Å². The first-order valence-electron chi connectivity index (χ1n) is 10.2. The summed E-state index contributed by atoms with van der Waals surface area (Å²) in [4.78, 5) is 23.6. The number of carbonyl (C=O) groups is 2. The Labute approximate surface area is 171 Å². The number of rotatable bonds is 7. The van der Waals surface area contributed by atoms with Gasteiger partial charge in [0.15, 0.2) is 0 Å². The SMILES string of the molecule is CCC1CNCCC1CCCc1ccnc2ccccc12.O=C(O)/C=C/C(=O)O. The van der Waals surface area contributed by atoms with Crippen LogP contribution < -0.4 is 5.32 Å². The molecule has 6 nitrogen and oxygen atoms in total. The average Bonchev–Trinajstić information content (AvgIpc) is 2.73. The highest BCUT2D eigenvalue weighted by Gasteiger charge is 2.22. The second-order valence-electron chi connectivity index (χ2n) is 7.31. The maximum atomic E-state index is 9.55. The number of nitrogens with zero attached hydrogens (tertiary/aromatic N) is 1. The van der Waals surface area contributed by atoms with E-state index in [4.69, 9.17) is 10.2 Å². The zero-order chi connectivity index (χ0) is 21.1. The van der Waals surface area contributed by atoms with Gasteiger partial charge in [0.1, 0.15) is 0 Å². The van der Waals surface area contributed by atoms with Crippen LogP contribution in [0.3, 0.4) is 0 Å². The first-order valence-corrected chi connectivity index (χ1v) is 10.2. The van der Waals surface area contributed by atoms with Gasteiger partial charge in [-0.25, -0.2) is 9.59 Å². The van der Waals surface area contributed by atoms with Gasteiger partial charge in [-0.1, -0.05) is 31.5 Å². The number of benzene rings is 1. The lowest BCUT2D eigenvalue weighted by atomic mass is 9.81. The molecule has 6 heteroatoms. The van der Waals surface area contributed by atoms with Crippen molar-refractivity contribution in [1.82, 2.24) is 10.3 Å². The van der Waals surface area contributed by atoms with Gasteiger partial charge in [0.25, 0.3) is 0 Å². The zero-order valence-electron chi connectivity index (χ0n) is 16.9. The van der Waals surface area contributed by atoms with Gasteiger partial charge < -0.3 is 15.5 Å². The van der Waals surface area contributed by atoms with Gasteiger partial charge in [-0.2, -0.15) is 0 Å². The number of hydrogen-bond acceptors (Lipinski definition) is 4. The number of aryl methyl sites for hydroxylation is 1. The third kappa shape index (κ3) is 7.66. The van der Waals surface area contributed by atoms with Crippen LogP contribution in [0.25, 0.3) is 10.9 Å². The van der Waals surface area contributed by atoms with Crippen LogP contribution in [0.2, 0.25) is 0 Å². The number of fused-ring (bicyclic) bond motifs is 1. The Morgan fingerprint density at radius 2 is 1.86 bits per heavy atom. The van der Waals surface area contributed by atoms with Crippen LogP contribution in [0, 0.1) is 11.8 Å². The normalized spacial score (nSPS) is 18.9. The van der Waals surface area contributed by atoms with Crippen molar-refractivity contribution in [2.75, 3.05) is 13.1 Å². The standard InChI is InChI=1S/C19H26N2.C4H4O4/c1-2-15-14-20-12-10-16(15)6-5-7-17-11-13-21-19-9-4-3-8-18(17)19;5-3(6)1-2-4(7)8/h3-4,8-9,11,13,15-16,20H,2,5-7,10,12,14H2,1H3;1-2H,(H,5,6)(H,7,8)/b;2-1+. The van der Waals surface area contributed by atoms with Crippen molar-refractivity contribution in [3.63, 3.8) is 0 Å². The number of para-hydroxylation sites is 1. The van der Waals surface area contributed by atoms with Crippen LogP contribution in [-0.2, 0) is 16.0 Å². The van der Waals surface area contributed by atoms with Gasteiger partial charge in [-0.3, -0.25) is 4.98 Å². The molecule has 0 bridgehead atoms. The van der Waals surface area contributed by atoms with Gasteiger partial charge in [-0.05, 0) is 68.3 Å². The van der Waals surface area contributed by atoms with E-state index in [1.807, 2.05) is 6.20 Å². The van der Waals surface area contributed by atoms with E-state index in [0.717, 1.165) is 17.4 Å². The summed E-state index contributed by atoms with van der Waals surface area (Å²) in [6, 6.07) is 10.7. The molecule has 156 valence electrons. The summed E-state index contributed by atoms with van der Waals surface area (Å²) in [5.41, 5.74) is 2.59. The van der Waals surface area contributed by atoms with Gasteiger partial charge in [0.2, 0.25) is 0 Å². The van der Waals surface area contributed by atoms with Crippen molar-refractivity contribution in [2.24, 2.45) is 11.8 Å².